The first-order valence-electron chi connectivity index (χ1n) is 11.0. The van der Waals surface area contributed by atoms with Crippen LogP contribution in [0.25, 0.3) is 0 Å². The van der Waals surface area contributed by atoms with Gasteiger partial charge in [-0.25, -0.2) is 12.7 Å². The van der Waals surface area contributed by atoms with Gasteiger partial charge in [-0.05, 0) is 37.0 Å². The fraction of sp³-hybridized carbons (Fsp3) is 0.682. The monoisotopic (exact) mass is 437 g/mol. The molecule has 7 nitrogen and oxygen atoms in total. The summed E-state index contributed by atoms with van der Waals surface area (Å²) in [6, 6.07) is 8.12. The van der Waals surface area contributed by atoms with Gasteiger partial charge in [0.1, 0.15) is 5.75 Å². The number of rotatable bonds is 8. The zero-order valence-corrected chi connectivity index (χ0v) is 19.1. The van der Waals surface area contributed by atoms with Gasteiger partial charge < -0.3 is 9.64 Å². The molecular formula is C22H35N3O4S. The number of benzene rings is 1. The first-order chi connectivity index (χ1) is 14.4. The Balaban J connectivity index is 1.43. The molecule has 0 atom stereocenters. The molecule has 0 spiro atoms. The van der Waals surface area contributed by atoms with Gasteiger partial charge in [0.05, 0.1) is 12.9 Å². The van der Waals surface area contributed by atoms with Crippen molar-refractivity contribution in [3.8, 4) is 5.75 Å². The second-order valence-electron chi connectivity index (χ2n) is 8.29. The zero-order valence-electron chi connectivity index (χ0n) is 18.3. The Kier molecular flexibility index (Phi) is 8.13. The first-order valence-corrected chi connectivity index (χ1v) is 12.7. The molecule has 8 heteroatoms. The number of hydrogen-bond donors (Lipinski definition) is 0. The maximum absolute atomic E-state index is 12.9. The fourth-order valence-corrected chi connectivity index (χ4v) is 5.89. The van der Waals surface area contributed by atoms with Gasteiger partial charge in [-0.15, -0.1) is 0 Å². The predicted octanol–water partition coefficient (Wildman–Crippen LogP) is 2.18. The summed E-state index contributed by atoms with van der Waals surface area (Å²) >= 11 is 0. The number of carbonyl (C=O) groups excluding carboxylic acids is 1. The van der Waals surface area contributed by atoms with E-state index in [9.17, 15) is 13.2 Å². The Labute approximate surface area is 181 Å². The van der Waals surface area contributed by atoms with Gasteiger partial charge in [-0.2, -0.15) is 0 Å². The molecule has 0 N–H and O–H groups in total. The van der Waals surface area contributed by atoms with Crippen molar-refractivity contribution in [3.63, 3.8) is 0 Å². The normalized spacial score (nSPS) is 19.7. The Bertz CT molecular complexity index is 781. The molecule has 0 saturated carbocycles. The summed E-state index contributed by atoms with van der Waals surface area (Å²) in [6.45, 7) is 7.02. The van der Waals surface area contributed by atoms with Crippen LogP contribution >= 0.6 is 0 Å². The van der Waals surface area contributed by atoms with Crippen molar-refractivity contribution in [2.24, 2.45) is 5.92 Å². The fourth-order valence-electron chi connectivity index (χ4n) is 4.21. The summed E-state index contributed by atoms with van der Waals surface area (Å²) in [7, 11) is -1.50. The number of methoxy groups -OCH3 is 1. The molecule has 2 aliphatic rings. The van der Waals surface area contributed by atoms with Crippen LogP contribution in [0.5, 0.6) is 5.75 Å². The molecule has 1 aromatic carbocycles. The highest BCUT2D eigenvalue weighted by atomic mass is 32.2. The van der Waals surface area contributed by atoms with E-state index in [1.807, 2.05) is 24.0 Å². The summed E-state index contributed by atoms with van der Waals surface area (Å²) in [5, 5.41) is 0. The molecule has 0 bridgehead atoms. The summed E-state index contributed by atoms with van der Waals surface area (Å²) in [5.74, 6) is 1.23. The van der Waals surface area contributed by atoms with Gasteiger partial charge >= 0.3 is 0 Å². The lowest BCUT2D eigenvalue weighted by Gasteiger charge is -2.38. The second kappa shape index (κ2) is 10.6. The molecule has 1 amide bonds. The van der Waals surface area contributed by atoms with E-state index >= 15 is 0 Å². The van der Waals surface area contributed by atoms with E-state index in [2.05, 4.69) is 17.0 Å². The highest BCUT2D eigenvalue weighted by Crippen LogP contribution is 2.23. The van der Waals surface area contributed by atoms with E-state index in [1.54, 1.807) is 11.4 Å². The lowest BCUT2D eigenvalue weighted by Crippen LogP contribution is -2.51. The largest absolute Gasteiger partial charge is 0.497 e. The van der Waals surface area contributed by atoms with Gasteiger partial charge in [-0.3, -0.25) is 9.69 Å². The maximum Gasteiger partial charge on any atom is 0.225 e. The number of sulfonamides is 1. The van der Waals surface area contributed by atoms with Crippen LogP contribution in [0.1, 0.15) is 38.2 Å². The van der Waals surface area contributed by atoms with Crippen LogP contribution in [0.2, 0.25) is 0 Å². The van der Waals surface area contributed by atoms with E-state index in [1.165, 1.54) is 5.56 Å². The average molecular weight is 438 g/mol. The molecular weight excluding hydrogens is 402 g/mol. The molecule has 3 rings (SSSR count). The summed E-state index contributed by atoms with van der Waals surface area (Å²) in [6.07, 6.45) is 2.84. The SMILES string of the molecule is CCCCS(=O)(=O)N1CCC(C(=O)N2CCN(Cc3ccc(OC)cc3)CC2)CC1. The number of hydrogen-bond acceptors (Lipinski definition) is 5. The van der Waals surface area contributed by atoms with Crippen molar-refractivity contribution in [2.45, 2.75) is 39.2 Å². The first kappa shape index (κ1) is 23.0. The third kappa shape index (κ3) is 5.95. The minimum atomic E-state index is -3.17. The molecule has 2 fully saturated rings. The van der Waals surface area contributed by atoms with Crippen LogP contribution in [0.15, 0.2) is 24.3 Å². The molecule has 0 unspecified atom stereocenters. The molecule has 2 aliphatic heterocycles. The van der Waals surface area contributed by atoms with Crippen molar-refractivity contribution in [1.82, 2.24) is 14.1 Å². The standard InChI is InChI=1S/C22H35N3O4S/c1-3-4-17-30(27,28)25-11-9-20(10-12-25)22(26)24-15-13-23(14-16-24)18-19-5-7-21(29-2)8-6-19/h5-8,20H,3-4,9-18H2,1-2H3. The number of piperidine rings is 1. The van der Waals surface area contributed by atoms with Gasteiger partial charge in [0.2, 0.25) is 15.9 Å². The van der Waals surface area contributed by atoms with E-state index in [0.717, 1.165) is 44.9 Å². The number of carbonyl (C=O) groups is 1. The number of piperazine rings is 1. The Hall–Kier alpha value is -1.64. The van der Waals surface area contributed by atoms with Crippen LogP contribution < -0.4 is 4.74 Å². The van der Waals surface area contributed by atoms with Gasteiger partial charge in [-0.1, -0.05) is 25.5 Å². The van der Waals surface area contributed by atoms with E-state index in [4.69, 9.17) is 4.74 Å². The second-order valence-corrected chi connectivity index (χ2v) is 10.4. The van der Waals surface area contributed by atoms with Crippen molar-refractivity contribution in [2.75, 3.05) is 52.1 Å². The third-order valence-corrected chi connectivity index (χ3v) is 8.16. The van der Waals surface area contributed by atoms with Gasteiger partial charge in [0.15, 0.2) is 0 Å². The van der Waals surface area contributed by atoms with Crippen LogP contribution in [-0.4, -0.2) is 80.6 Å². The molecule has 168 valence electrons. The molecule has 2 heterocycles. The third-order valence-electron chi connectivity index (χ3n) is 6.20. The Morgan fingerprint density at radius 2 is 1.67 bits per heavy atom. The topological polar surface area (TPSA) is 70.2 Å². The van der Waals surface area contributed by atoms with Gasteiger partial charge in [0.25, 0.3) is 0 Å². The molecule has 1 aromatic rings. The van der Waals surface area contributed by atoms with Crippen LogP contribution in [0.3, 0.4) is 0 Å². The molecule has 30 heavy (non-hydrogen) atoms. The maximum atomic E-state index is 12.9. The van der Waals surface area contributed by atoms with Crippen molar-refractivity contribution < 1.29 is 17.9 Å². The van der Waals surface area contributed by atoms with Crippen LogP contribution in [0, 0.1) is 5.92 Å². The molecule has 2 saturated heterocycles. The smallest absolute Gasteiger partial charge is 0.225 e. The van der Waals surface area contributed by atoms with E-state index < -0.39 is 10.0 Å². The number of unbranched alkanes of at least 4 members (excludes halogenated alkanes) is 1. The zero-order chi connectivity index (χ0) is 21.6. The summed E-state index contributed by atoms with van der Waals surface area (Å²) in [5.41, 5.74) is 1.24. The van der Waals surface area contributed by atoms with Crippen LogP contribution in [-0.2, 0) is 21.4 Å². The van der Waals surface area contributed by atoms with Crippen molar-refractivity contribution >= 4 is 15.9 Å². The van der Waals surface area contributed by atoms with E-state index in [0.29, 0.717) is 32.4 Å². The highest BCUT2D eigenvalue weighted by Gasteiger charge is 2.33. The molecule has 0 aliphatic carbocycles. The Morgan fingerprint density at radius 1 is 1.03 bits per heavy atom. The number of amides is 1. The lowest BCUT2D eigenvalue weighted by molar-refractivity contribution is -0.138. The minimum Gasteiger partial charge on any atom is -0.497 e. The quantitative estimate of drug-likeness (QED) is 0.624. The molecule has 0 aromatic heterocycles. The number of nitrogens with zero attached hydrogens (tertiary/aromatic N) is 3. The van der Waals surface area contributed by atoms with Crippen molar-refractivity contribution in [3.05, 3.63) is 29.8 Å². The van der Waals surface area contributed by atoms with E-state index in [-0.39, 0.29) is 17.6 Å². The van der Waals surface area contributed by atoms with Gasteiger partial charge in [0, 0.05) is 51.7 Å². The Morgan fingerprint density at radius 3 is 2.23 bits per heavy atom. The highest BCUT2D eigenvalue weighted by molar-refractivity contribution is 7.89. The summed E-state index contributed by atoms with van der Waals surface area (Å²) < 4.78 is 31.5. The lowest BCUT2D eigenvalue weighted by atomic mass is 9.96. The van der Waals surface area contributed by atoms with Crippen molar-refractivity contribution in [1.29, 1.82) is 0 Å². The predicted molar refractivity (Wildman–Crippen MR) is 118 cm³/mol. The summed E-state index contributed by atoms with van der Waals surface area (Å²) in [4.78, 5) is 17.3. The number of ether oxygens (including phenoxy) is 1. The molecule has 0 radical (unpaired) electrons. The average Bonchev–Trinajstić information content (AvgIpc) is 2.78. The minimum absolute atomic E-state index is 0.0456. The van der Waals surface area contributed by atoms with Crippen LogP contribution in [0.4, 0.5) is 0 Å².